The zero-order valence-electron chi connectivity index (χ0n) is 14.9. The van der Waals surface area contributed by atoms with Crippen LogP contribution >= 0.6 is 0 Å². The van der Waals surface area contributed by atoms with Gasteiger partial charge < -0.3 is 10.1 Å². The van der Waals surface area contributed by atoms with Gasteiger partial charge in [0.15, 0.2) is 0 Å². The third kappa shape index (κ3) is 5.04. The van der Waals surface area contributed by atoms with Gasteiger partial charge in [-0.2, -0.15) is 4.31 Å². The molecule has 0 bridgehead atoms. The highest BCUT2D eigenvalue weighted by atomic mass is 32.2. The van der Waals surface area contributed by atoms with Gasteiger partial charge in [-0.25, -0.2) is 12.8 Å². The van der Waals surface area contributed by atoms with Crippen LogP contribution in [0.4, 0.5) is 23.2 Å². The van der Waals surface area contributed by atoms with Crippen molar-refractivity contribution >= 4 is 21.6 Å². The van der Waals surface area contributed by atoms with E-state index in [0.717, 1.165) is 34.6 Å². The summed E-state index contributed by atoms with van der Waals surface area (Å²) in [4.78, 5) is 11.8. The van der Waals surface area contributed by atoms with Crippen LogP contribution in [0.5, 0.6) is 5.75 Å². The number of anilines is 1. The fourth-order valence-corrected chi connectivity index (χ4v) is 4.46. The van der Waals surface area contributed by atoms with Gasteiger partial charge in [-0.05, 0) is 55.3 Å². The summed E-state index contributed by atoms with van der Waals surface area (Å²) in [6, 6.07) is 7.34. The smallest absolute Gasteiger partial charge is 0.406 e. The van der Waals surface area contributed by atoms with E-state index in [1.165, 1.54) is 12.1 Å². The largest absolute Gasteiger partial charge is 0.573 e. The molecule has 1 N–H and O–H groups in total. The quantitative estimate of drug-likeness (QED) is 0.730. The molecule has 1 fully saturated rings. The number of carbonyl (C=O) groups excluding carboxylic acids is 1. The second kappa shape index (κ2) is 7.99. The fourth-order valence-electron chi connectivity index (χ4n) is 2.85. The molecule has 11 heteroatoms. The molecule has 3 rings (SSSR count). The Morgan fingerprint density at radius 3 is 2.24 bits per heavy atom. The number of nitrogens with one attached hydrogen (secondary N) is 1. The molecule has 1 saturated heterocycles. The lowest BCUT2D eigenvalue weighted by molar-refractivity contribution is -0.274. The van der Waals surface area contributed by atoms with Gasteiger partial charge in [-0.1, -0.05) is 0 Å². The van der Waals surface area contributed by atoms with Crippen molar-refractivity contribution in [3.8, 4) is 5.75 Å². The molecule has 29 heavy (non-hydrogen) atoms. The van der Waals surface area contributed by atoms with Crippen LogP contribution < -0.4 is 10.1 Å². The fraction of sp³-hybridized carbons (Fsp3) is 0.278. The number of benzene rings is 2. The average Bonchev–Trinajstić information content (AvgIpc) is 3.18. The first-order chi connectivity index (χ1) is 13.6. The van der Waals surface area contributed by atoms with Crippen molar-refractivity contribution in [3.05, 3.63) is 53.8 Å². The monoisotopic (exact) mass is 432 g/mol. The molecule has 0 unspecified atom stereocenters. The number of rotatable bonds is 5. The van der Waals surface area contributed by atoms with Crippen LogP contribution in [0.2, 0.25) is 0 Å². The molecule has 6 nitrogen and oxygen atoms in total. The van der Waals surface area contributed by atoms with Crippen LogP contribution in [0.25, 0.3) is 0 Å². The molecule has 1 heterocycles. The molecule has 0 radical (unpaired) electrons. The lowest BCUT2D eigenvalue weighted by Gasteiger charge is -2.16. The van der Waals surface area contributed by atoms with Gasteiger partial charge in [0.2, 0.25) is 10.0 Å². The predicted molar refractivity (Wildman–Crippen MR) is 95.5 cm³/mol. The third-order valence-corrected chi connectivity index (χ3v) is 6.14. The molecule has 1 amide bonds. The maximum absolute atomic E-state index is 14.1. The zero-order chi connectivity index (χ0) is 21.2. The van der Waals surface area contributed by atoms with Crippen molar-refractivity contribution in [2.24, 2.45) is 0 Å². The molecule has 0 aromatic heterocycles. The first-order valence-electron chi connectivity index (χ1n) is 8.53. The molecule has 2 aromatic rings. The lowest BCUT2D eigenvalue weighted by atomic mass is 10.2. The summed E-state index contributed by atoms with van der Waals surface area (Å²) in [6.45, 7) is 0.565. The van der Waals surface area contributed by atoms with E-state index in [9.17, 15) is 30.8 Å². The van der Waals surface area contributed by atoms with Crippen LogP contribution in [-0.4, -0.2) is 38.1 Å². The maximum atomic E-state index is 14.1. The van der Waals surface area contributed by atoms with E-state index in [4.69, 9.17) is 0 Å². The Morgan fingerprint density at radius 2 is 1.66 bits per heavy atom. The third-order valence-electron chi connectivity index (χ3n) is 4.22. The van der Waals surface area contributed by atoms with Crippen molar-refractivity contribution in [2.75, 3.05) is 18.4 Å². The van der Waals surface area contributed by atoms with Gasteiger partial charge in [0.25, 0.3) is 5.91 Å². The van der Waals surface area contributed by atoms with Crippen LogP contribution in [0.15, 0.2) is 47.4 Å². The number of carbonyl (C=O) groups is 1. The number of hydrogen-bond acceptors (Lipinski definition) is 4. The van der Waals surface area contributed by atoms with E-state index in [-0.39, 0.29) is 24.3 Å². The number of amides is 1. The maximum Gasteiger partial charge on any atom is 0.573 e. The van der Waals surface area contributed by atoms with Crippen LogP contribution in [0.1, 0.15) is 23.2 Å². The summed E-state index contributed by atoms with van der Waals surface area (Å²) >= 11 is 0. The summed E-state index contributed by atoms with van der Waals surface area (Å²) in [7, 11) is -4.07. The van der Waals surface area contributed by atoms with Gasteiger partial charge in [-0.3, -0.25) is 4.79 Å². The average molecular weight is 432 g/mol. The molecular formula is C18H16F4N2O4S. The summed E-state index contributed by atoms with van der Waals surface area (Å²) in [6.07, 6.45) is -3.49. The Morgan fingerprint density at radius 1 is 1.03 bits per heavy atom. The van der Waals surface area contributed by atoms with Gasteiger partial charge in [-0.15, -0.1) is 13.2 Å². The number of halogens is 4. The minimum atomic E-state index is -4.84. The zero-order valence-corrected chi connectivity index (χ0v) is 15.7. The number of nitrogens with zero attached hydrogens (tertiary/aromatic N) is 1. The van der Waals surface area contributed by atoms with Gasteiger partial charge in [0.1, 0.15) is 16.5 Å². The molecule has 0 spiro atoms. The highest BCUT2D eigenvalue weighted by Gasteiger charge is 2.31. The SMILES string of the molecule is O=C(Nc1ccc(OC(F)(F)F)cc1)c1ccc(F)c(S(=O)(=O)N2CCCC2)c1. The molecule has 0 atom stereocenters. The van der Waals surface area contributed by atoms with Gasteiger partial charge >= 0.3 is 6.36 Å². The number of ether oxygens (including phenoxy) is 1. The van der Waals surface area contributed by atoms with Crippen molar-refractivity contribution in [2.45, 2.75) is 24.1 Å². The molecule has 0 saturated carbocycles. The molecule has 1 aliphatic heterocycles. The summed E-state index contributed by atoms with van der Waals surface area (Å²) in [5.74, 6) is -2.18. The van der Waals surface area contributed by atoms with E-state index >= 15 is 0 Å². The lowest BCUT2D eigenvalue weighted by Crippen LogP contribution is -2.29. The number of sulfonamides is 1. The van der Waals surface area contributed by atoms with Gasteiger partial charge in [0, 0.05) is 24.3 Å². The van der Waals surface area contributed by atoms with E-state index in [2.05, 4.69) is 10.1 Å². The first-order valence-corrected chi connectivity index (χ1v) is 9.97. The first kappa shape index (κ1) is 21.1. The summed E-state index contributed by atoms with van der Waals surface area (Å²) < 4.78 is 80.7. The van der Waals surface area contributed by atoms with Crippen molar-refractivity contribution in [3.63, 3.8) is 0 Å². The highest BCUT2D eigenvalue weighted by Crippen LogP contribution is 2.26. The molecule has 1 aliphatic rings. The molecule has 2 aromatic carbocycles. The second-order valence-electron chi connectivity index (χ2n) is 6.28. The van der Waals surface area contributed by atoms with Crippen LogP contribution in [0.3, 0.4) is 0 Å². The van der Waals surface area contributed by atoms with Crippen molar-refractivity contribution in [1.82, 2.24) is 4.31 Å². The second-order valence-corrected chi connectivity index (χ2v) is 8.19. The van der Waals surface area contributed by atoms with Gasteiger partial charge in [0.05, 0.1) is 0 Å². The van der Waals surface area contributed by atoms with Crippen molar-refractivity contribution < 1.29 is 35.5 Å². The minimum absolute atomic E-state index is 0.111. The topological polar surface area (TPSA) is 75.7 Å². The molecular weight excluding hydrogens is 416 g/mol. The van der Waals surface area contributed by atoms with E-state index in [1.807, 2.05) is 0 Å². The van der Waals surface area contributed by atoms with Crippen LogP contribution in [-0.2, 0) is 10.0 Å². The summed E-state index contributed by atoms with van der Waals surface area (Å²) in [5, 5.41) is 2.41. The Labute approximate surface area is 164 Å². The predicted octanol–water partition coefficient (Wildman–Crippen LogP) is 3.76. The van der Waals surface area contributed by atoms with E-state index < -0.39 is 38.8 Å². The Balaban J connectivity index is 1.78. The van der Waals surface area contributed by atoms with E-state index in [0.29, 0.717) is 12.8 Å². The standard InChI is InChI=1S/C18H16F4N2O4S/c19-15-8-3-12(11-16(15)29(26,27)24-9-1-2-10-24)17(25)23-13-4-6-14(7-5-13)28-18(20,21)22/h3-8,11H,1-2,9-10H2,(H,23,25). The van der Waals surface area contributed by atoms with Crippen LogP contribution in [0, 0.1) is 5.82 Å². The Kier molecular flexibility index (Phi) is 5.80. The minimum Gasteiger partial charge on any atom is -0.406 e. The molecule has 0 aliphatic carbocycles. The summed E-state index contributed by atoms with van der Waals surface area (Å²) in [5.41, 5.74) is 0.0394. The molecule has 156 valence electrons. The van der Waals surface area contributed by atoms with Crippen molar-refractivity contribution in [1.29, 1.82) is 0 Å². The highest BCUT2D eigenvalue weighted by molar-refractivity contribution is 7.89. The normalized spacial score (nSPS) is 15.3. The Bertz CT molecular complexity index is 1000. The number of alkyl halides is 3. The van der Waals surface area contributed by atoms with E-state index in [1.54, 1.807) is 0 Å². The number of hydrogen-bond donors (Lipinski definition) is 1. The Hall–Kier alpha value is -2.66.